The van der Waals surface area contributed by atoms with Crippen molar-refractivity contribution in [3.05, 3.63) is 54.1 Å². The van der Waals surface area contributed by atoms with Gasteiger partial charge in [0.05, 0.1) is 11.8 Å². The Kier molecular flexibility index (Phi) is 5.82. The van der Waals surface area contributed by atoms with Gasteiger partial charge in [-0.05, 0) is 35.9 Å². The molecule has 5 nitrogen and oxygen atoms in total. The number of anilines is 1. The number of para-hydroxylation sites is 1. The van der Waals surface area contributed by atoms with Crippen LogP contribution in [0.4, 0.5) is 5.69 Å². The molecule has 6 heteroatoms. The molecule has 1 amide bonds. The number of carbonyl (C=O) groups is 1. The number of benzene rings is 2. The number of hydrogen-bond donors (Lipinski definition) is 1. The van der Waals surface area contributed by atoms with E-state index < -0.39 is 0 Å². The molecule has 0 radical (unpaired) electrons. The van der Waals surface area contributed by atoms with Crippen LogP contribution in [-0.4, -0.2) is 18.0 Å². The number of carbonyl (C=O) groups excluding carboxylic acids is 1. The summed E-state index contributed by atoms with van der Waals surface area (Å²) in [6, 6.07) is 15.3. The Labute approximate surface area is 156 Å². The normalized spacial score (nSPS) is 13.4. The van der Waals surface area contributed by atoms with Crippen LogP contribution in [0.15, 0.2) is 53.4 Å². The second-order valence-corrected chi connectivity index (χ2v) is 7.20. The van der Waals surface area contributed by atoms with Crippen LogP contribution in [0.2, 0.25) is 0 Å². The van der Waals surface area contributed by atoms with Crippen LogP contribution in [0.25, 0.3) is 6.08 Å². The minimum absolute atomic E-state index is 0.155. The Balaban J connectivity index is 1.66. The third-order valence-electron chi connectivity index (χ3n) is 3.68. The zero-order valence-electron chi connectivity index (χ0n) is 14.3. The Morgan fingerprint density at radius 2 is 2.12 bits per heavy atom. The average molecular weight is 366 g/mol. The van der Waals surface area contributed by atoms with Crippen LogP contribution >= 0.6 is 11.8 Å². The van der Waals surface area contributed by atoms with E-state index in [0.29, 0.717) is 17.9 Å². The topological polar surface area (TPSA) is 71.4 Å². The molecule has 0 fully saturated rings. The largest absolute Gasteiger partial charge is 0.454 e. The predicted octanol–water partition coefficient (Wildman–Crippen LogP) is 4.46. The summed E-state index contributed by atoms with van der Waals surface area (Å²) >= 11 is 1.57. The van der Waals surface area contributed by atoms with Crippen molar-refractivity contribution in [3.8, 4) is 17.6 Å². The molecule has 1 unspecified atom stereocenters. The van der Waals surface area contributed by atoms with E-state index in [2.05, 4.69) is 11.4 Å². The number of thioether (sulfide) groups is 1. The first-order chi connectivity index (χ1) is 12.7. The van der Waals surface area contributed by atoms with Crippen LogP contribution in [0.3, 0.4) is 0 Å². The molecule has 1 aliphatic heterocycles. The Bertz CT molecular complexity index is 874. The van der Waals surface area contributed by atoms with Gasteiger partial charge in [0.2, 0.25) is 12.7 Å². The van der Waals surface area contributed by atoms with Crippen molar-refractivity contribution in [2.24, 2.45) is 0 Å². The number of rotatable bonds is 6. The maximum atomic E-state index is 12.3. The lowest BCUT2D eigenvalue weighted by Gasteiger charge is -2.12. The number of amides is 1. The monoisotopic (exact) mass is 366 g/mol. The van der Waals surface area contributed by atoms with Gasteiger partial charge in [-0.2, -0.15) is 5.26 Å². The Morgan fingerprint density at radius 1 is 1.31 bits per heavy atom. The van der Waals surface area contributed by atoms with Crippen molar-refractivity contribution < 1.29 is 14.3 Å². The fraction of sp³-hybridized carbons (Fsp3) is 0.200. The first-order valence-corrected chi connectivity index (χ1v) is 9.05. The first-order valence-electron chi connectivity index (χ1n) is 8.17. The lowest BCUT2D eigenvalue weighted by Crippen LogP contribution is -2.09. The summed E-state index contributed by atoms with van der Waals surface area (Å²) in [5.41, 5.74) is 1.59. The van der Waals surface area contributed by atoms with Gasteiger partial charge in [-0.3, -0.25) is 4.79 Å². The zero-order chi connectivity index (χ0) is 18.4. The number of fused-ring (bicyclic) bond motifs is 1. The standard InChI is InChI=1S/C20H18N2O3S/c1-14(10-11-21)26-19-5-3-2-4-16(19)22-20(23)9-7-15-6-8-17-18(12-15)25-13-24-17/h2-9,12,14H,10,13H2,1H3,(H,22,23). The van der Waals surface area contributed by atoms with Crippen molar-refractivity contribution >= 4 is 29.4 Å². The Hall–Kier alpha value is -2.91. The number of hydrogen-bond acceptors (Lipinski definition) is 5. The molecule has 1 aliphatic rings. The van der Waals surface area contributed by atoms with Crippen LogP contribution in [0.1, 0.15) is 18.9 Å². The second kappa shape index (κ2) is 8.45. The molecule has 0 aliphatic carbocycles. The first kappa shape index (κ1) is 17.9. The van der Waals surface area contributed by atoms with Crippen LogP contribution < -0.4 is 14.8 Å². The molecule has 1 atom stereocenters. The van der Waals surface area contributed by atoms with Gasteiger partial charge in [-0.15, -0.1) is 11.8 Å². The highest BCUT2D eigenvalue weighted by Gasteiger charge is 2.13. The molecule has 132 valence electrons. The van der Waals surface area contributed by atoms with E-state index in [0.717, 1.165) is 16.1 Å². The van der Waals surface area contributed by atoms with Gasteiger partial charge in [-0.25, -0.2) is 0 Å². The summed E-state index contributed by atoms with van der Waals surface area (Å²) in [6.45, 7) is 2.22. The van der Waals surface area contributed by atoms with Gasteiger partial charge in [0.15, 0.2) is 11.5 Å². The van der Waals surface area contributed by atoms with E-state index in [1.807, 2.05) is 49.4 Å². The smallest absolute Gasteiger partial charge is 0.248 e. The van der Waals surface area contributed by atoms with Gasteiger partial charge in [0.1, 0.15) is 0 Å². The van der Waals surface area contributed by atoms with E-state index in [-0.39, 0.29) is 18.0 Å². The van der Waals surface area contributed by atoms with Crippen LogP contribution in [0, 0.1) is 11.3 Å². The number of nitriles is 1. The summed E-state index contributed by atoms with van der Waals surface area (Å²) < 4.78 is 10.6. The molecule has 0 saturated carbocycles. The quantitative estimate of drug-likeness (QED) is 0.604. The van der Waals surface area contributed by atoms with E-state index in [1.54, 1.807) is 17.8 Å². The lowest BCUT2D eigenvalue weighted by atomic mass is 10.2. The third kappa shape index (κ3) is 4.58. The molecular weight excluding hydrogens is 348 g/mol. The number of nitrogens with zero attached hydrogens (tertiary/aromatic N) is 1. The summed E-state index contributed by atoms with van der Waals surface area (Å²) in [5, 5.41) is 11.9. The van der Waals surface area contributed by atoms with Crippen molar-refractivity contribution in [2.75, 3.05) is 12.1 Å². The predicted molar refractivity (Wildman–Crippen MR) is 102 cm³/mol. The zero-order valence-corrected chi connectivity index (χ0v) is 15.1. The van der Waals surface area contributed by atoms with Crippen molar-refractivity contribution in [1.82, 2.24) is 0 Å². The molecular formula is C20H18N2O3S. The van der Waals surface area contributed by atoms with E-state index >= 15 is 0 Å². The molecule has 3 rings (SSSR count). The summed E-state index contributed by atoms with van der Waals surface area (Å²) in [7, 11) is 0. The number of nitrogens with one attached hydrogen (secondary N) is 1. The van der Waals surface area contributed by atoms with Gasteiger partial charge in [0, 0.05) is 22.6 Å². The maximum absolute atomic E-state index is 12.3. The molecule has 2 aromatic carbocycles. The second-order valence-electron chi connectivity index (χ2n) is 5.72. The molecule has 2 aromatic rings. The van der Waals surface area contributed by atoms with Crippen LogP contribution in [-0.2, 0) is 4.79 Å². The highest BCUT2D eigenvalue weighted by molar-refractivity contribution is 8.00. The minimum Gasteiger partial charge on any atom is -0.454 e. The van der Waals surface area contributed by atoms with E-state index in [4.69, 9.17) is 14.7 Å². The molecule has 0 saturated heterocycles. The van der Waals surface area contributed by atoms with Gasteiger partial charge < -0.3 is 14.8 Å². The fourth-order valence-corrected chi connectivity index (χ4v) is 3.42. The maximum Gasteiger partial charge on any atom is 0.248 e. The van der Waals surface area contributed by atoms with Crippen LogP contribution in [0.5, 0.6) is 11.5 Å². The molecule has 1 heterocycles. The third-order valence-corrected chi connectivity index (χ3v) is 4.85. The minimum atomic E-state index is -0.219. The molecule has 1 N–H and O–H groups in total. The average Bonchev–Trinajstić information content (AvgIpc) is 3.09. The molecule has 26 heavy (non-hydrogen) atoms. The van der Waals surface area contributed by atoms with Crippen molar-refractivity contribution in [3.63, 3.8) is 0 Å². The Morgan fingerprint density at radius 3 is 2.96 bits per heavy atom. The van der Waals surface area contributed by atoms with Gasteiger partial charge in [-0.1, -0.05) is 25.1 Å². The number of ether oxygens (including phenoxy) is 2. The van der Waals surface area contributed by atoms with E-state index in [9.17, 15) is 4.79 Å². The SMILES string of the molecule is CC(CC#N)Sc1ccccc1NC(=O)C=Cc1ccc2c(c1)OCO2. The molecule has 0 bridgehead atoms. The van der Waals surface area contributed by atoms with Crippen molar-refractivity contribution in [2.45, 2.75) is 23.5 Å². The fourth-order valence-electron chi connectivity index (χ4n) is 2.42. The molecule has 0 spiro atoms. The summed E-state index contributed by atoms with van der Waals surface area (Å²) in [6.07, 6.45) is 3.67. The van der Waals surface area contributed by atoms with Crippen molar-refractivity contribution in [1.29, 1.82) is 5.26 Å². The lowest BCUT2D eigenvalue weighted by molar-refractivity contribution is -0.111. The highest BCUT2D eigenvalue weighted by atomic mass is 32.2. The molecule has 0 aromatic heterocycles. The summed E-state index contributed by atoms with van der Waals surface area (Å²) in [4.78, 5) is 13.2. The van der Waals surface area contributed by atoms with Gasteiger partial charge >= 0.3 is 0 Å². The highest BCUT2D eigenvalue weighted by Crippen LogP contribution is 2.33. The summed E-state index contributed by atoms with van der Waals surface area (Å²) in [5.74, 6) is 1.17. The van der Waals surface area contributed by atoms with E-state index in [1.165, 1.54) is 6.08 Å². The van der Waals surface area contributed by atoms with Gasteiger partial charge in [0.25, 0.3) is 0 Å².